The van der Waals surface area contributed by atoms with E-state index in [9.17, 15) is 9.59 Å². The number of nitrogens with one attached hydrogen (secondary N) is 2. The molecule has 33 heavy (non-hydrogen) atoms. The highest BCUT2D eigenvalue weighted by atomic mass is 35.5. The summed E-state index contributed by atoms with van der Waals surface area (Å²) in [7, 11) is 1.53. The van der Waals surface area contributed by atoms with Crippen LogP contribution in [0.4, 0.5) is 5.69 Å². The number of halogens is 1. The zero-order chi connectivity index (χ0) is 23.5. The number of ether oxygens (including phenoxy) is 3. The average Bonchev–Trinajstić information content (AvgIpc) is 2.84. The molecule has 0 aliphatic rings. The molecular formula is C24H22ClN3O5. The van der Waals surface area contributed by atoms with Crippen LogP contribution in [0.25, 0.3) is 0 Å². The maximum absolute atomic E-state index is 12.0. The Balaban J connectivity index is 1.41. The molecule has 0 atom stereocenters. The number of para-hydroxylation sites is 3. The van der Waals surface area contributed by atoms with E-state index in [4.69, 9.17) is 25.8 Å². The van der Waals surface area contributed by atoms with E-state index in [1.54, 1.807) is 66.7 Å². The van der Waals surface area contributed by atoms with E-state index in [1.165, 1.54) is 13.3 Å². The second-order valence-corrected chi connectivity index (χ2v) is 7.03. The van der Waals surface area contributed by atoms with Crippen LogP contribution in [0, 0.1) is 0 Å². The maximum Gasteiger partial charge on any atom is 0.277 e. The van der Waals surface area contributed by atoms with Gasteiger partial charge in [-0.15, -0.1) is 0 Å². The Bertz CT molecular complexity index is 1120. The first-order chi connectivity index (χ1) is 16.0. The molecule has 0 saturated carbocycles. The van der Waals surface area contributed by atoms with Crippen LogP contribution in [0.5, 0.6) is 17.2 Å². The Morgan fingerprint density at radius 2 is 1.55 bits per heavy atom. The molecule has 3 aromatic rings. The van der Waals surface area contributed by atoms with Crippen molar-refractivity contribution < 1.29 is 23.8 Å². The number of hydrogen-bond donors (Lipinski definition) is 2. The van der Waals surface area contributed by atoms with Crippen LogP contribution in [0.15, 0.2) is 77.9 Å². The molecule has 0 unspecified atom stereocenters. The van der Waals surface area contributed by atoms with E-state index in [2.05, 4.69) is 15.8 Å². The number of carbonyl (C=O) groups is 2. The van der Waals surface area contributed by atoms with E-state index in [1.807, 2.05) is 6.07 Å². The highest BCUT2D eigenvalue weighted by molar-refractivity contribution is 6.33. The van der Waals surface area contributed by atoms with Crippen molar-refractivity contribution in [1.29, 1.82) is 0 Å². The molecule has 2 N–H and O–H groups in total. The Kier molecular flexibility index (Phi) is 8.67. The van der Waals surface area contributed by atoms with Crippen LogP contribution in [0.1, 0.15) is 5.56 Å². The molecule has 0 heterocycles. The van der Waals surface area contributed by atoms with Crippen molar-refractivity contribution in [2.45, 2.75) is 0 Å². The molecule has 9 heteroatoms. The number of rotatable bonds is 10. The molecule has 0 aromatic heterocycles. The van der Waals surface area contributed by atoms with Gasteiger partial charge in [-0.25, -0.2) is 5.43 Å². The fourth-order valence-corrected chi connectivity index (χ4v) is 2.82. The summed E-state index contributed by atoms with van der Waals surface area (Å²) >= 11 is 6.02. The molecule has 0 spiro atoms. The summed E-state index contributed by atoms with van der Waals surface area (Å²) in [6.45, 7) is -0.373. The minimum Gasteiger partial charge on any atom is -0.493 e. The fourth-order valence-electron chi connectivity index (χ4n) is 2.64. The van der Waals surface area contributed by atoms with Crippen LogP contribution in [0.3, 0.4) is 0 Å². The molecule has 2 amide bonds. The van der Waals surface area contributed by atoms with Gasteiger partial charge in [-0.1, -0.05) is 35.9 Å². The lowest BCUT2D eigenvalue weighted by Crippen LogP contribution is -2.24. The van der Waals surface area contributed by atoms with Gasteiger partial charge in [-0.3, -0.25) is 9.59 Å². The summed E-state index contributed by atoms with van der Waals surface area (Å²) in [4.78, 5) is 23.9. The van der Waals surface area contributed by atoms with Crippen LogP contribution < -0.4 is 25.0 Å². The van der Waals surface area contributed by atoms with Crippen LogP contribution in [-0.2, 0) is 9.59 Å². The molecule has 3 aromatic carbocycles. The Hall–Kier alpha value is -4.04. The SMILES string of the molecule is COc1ccccc1OCC(=O)N/N=C\c1ccc(OCC(=O)Nc2ccccc2Cl)cc1. The number of nitrogens with zero attached hydrogens (tertiary/aromatic N) is 1. The van der Waals surface area contributed by atoms with Gasteiger partial charge in [-0.05, 0) is 54.1 Å². The van der Waals surface area contributed by atoms with Gasteiger partial charge in [0.25, 0.3) is 11.8 Å². The molecule has 0 bridgehead atoms. The van der Waals surface area contributed by atoms with Crippen molar-refractivity contribution in [3.63, 3.8) is 0 Å². The predicted molar refractivity (Wildman–Crippen MR) is 126 cm³/mol. The second-order valence-electron chi connectivity index (χ2n) is 6.62. The number of hydrogen-bond acceptors (Lipinski definition) is 6. The fraction of sp³-hybridized carbons (Fsp3) is 0.125. The molecule has 170 valence electrons. The summed E-state index contributed by atoms with van der Waals surface area (Å²) < 4.78 is 16.1. The molecule has 0 aliphatic heterocycles. The standard InChI is InChI=1S/C24H22ClN3O5/c1-31-21-8-4-5-9-22(21)33-16-24(30)28-26-14-17-10-12-18(13-11-17)32-15-23(29)27-20-7-3-2-6-19(20)25/h2-14H,15-16H2,1H3,(H,27,29)(H,28,30)/b26-14-. The third-order valence-electron chi connectivity index (χ3n) is 4.23. The van der Waals surface area contributed by atoms with Gasteiger partial charge < -0.3 is 19.5 Å². The van der Waals surface area contributed by atoms with Crippen LogP contribution in [0.2, 0.25) is 5.02 Å². The van der Waals surface area contributed by atoms with E-state index >= 15 is 0 Å². The predicted octanol–water partition coefficient (Wildman–Crippen LogP) is 3.90. The molecule has 0 saturated heterocycles. The van der Waals surface area contributed by atoms with E-state index in [0.29, 0.717) is 28.0 Å². The second kappa shape index (κ2) is 12.1. The van der Waals surface area contributed by atoms with Gasteiger partial charge in [0.2, 0.25) is 0 Å². The van der Waals surface area contributed by atoms with E-state index in [0.717, 1.165) is 5.56 Å². The number of anilines is 1. The number of benzene rings is 3. The summed E-state index contributed by atoms with van der Waals surface area (Å²) in [5.74, 6) is 0.775. The van der Waals surface area contributed by atoms with Crippen LogP contribution >= 0.6 is 11.6 Å². The van der Waals surface area contributed by atoms with Gasteiger partial charge in [0, 0.05) is 0 Å². The van der Waals surface area contributed by atoms with Gasteiger partial charge in [0.15, 0.2) is 24.7 Å². The first kappa shape index (κ1) is 23.6. The van der Waals surface area contributed by atoms with E-state index in [-0.39, 0.29) is 19.1 Å². The Morgan fingerprint density at radius 3 is 2.27 bits per heavy atom. The quantitative estimate of drug-likeness (QED) is 0.348. The molecule has 0 fully saturated rings. The first-order valence-corrected chi connectivity index (χ1v) is 10.3. The van der Waals surface area contributed by atoms with Gasteiger partial charge in [0.05, 0.1) is 24.0 Å². The van der Waals surface area contributed by atoms with Crippen molar-refractivity contribution in [3.8, 4) is 17.2 Å². The summed E-state index contributed by atoms with van der Waals surface area (Å²) in [6.07, 6.45) is 1.48. The molecule has 8 nitrogen and oxygen atoms in total. The Morgan fingerprint density at radius 1 is 0.879 bits per heavy atom. The highest BCUT2D eigenvalue weighted by Gasteiger charge is 2.07. The smallest absolute Gasteiger partial charge is 0.277 e. The minimum absolute atomic E-state index is 0.166. The van der Waals surface area contributed by atoms with Crippen molar-refractivity contribution >= 4 is 35.3 Å². The summed E-state index contributed by atoms with van der Waals surface area (Å²) in [5, 5.41) is 7.04. The zero-order valence-electron chi connectivity index (χ0n) is 17.8. The van der Waals surface area contributed by atoms with Crippen LogP contribution in [-0.4, -0.2) is 38.4 Å². The number of carbonyl (C=O) groups excluding carboxylic acids is 2. The lowest BCUT2D eigenvalue weighted by atomic mass is 10.2. The number of amides is 2. The van der Waals surface area contributed by atoms with E-state index < -0.39 is 5.91 Å². The molecule has 3 rings (SSSR count). The van der Waals surface area contributed by atoms with Crippen molar-refractivity contribution in [2.24, 2.45) is 5.10 Å². The maximum atomic E-state index is 12.0. The highest BCUT2D eigenvalue weighted by Crippen LogP contribution is 2.25. The zero-order valence-corrected chi connectivity index (χ0v) is 18.5. The Labute approximate surface area is 196 Å². The molecule has 0 aliphatic carbocycles. The van der Waals surface area contributed by atoms with Gasteiger partial charge >= 0.3 is 0 Å². The summed E-state index contributed by atoms with van der Waals surface area (Å²) in [6, 6.07) is 20.8. The average molecular weight is 468 g/mol. The lowest BCUT2D eigenvalue weighted by molar-refractivity contribution is -0.123. The minimum atomic E-state index is -0.415. The monoisotopic (exact) mass is 467 g/mol. The third-order valence-corrected chi connectivity index (χ3v) is 4.56. The number of hydrazone groups is 1. The van der Waals surface area contributed by atoms with Crippen molar-refractivity contribution in [3.05, 3.63) is 83.4 Å². The van der Waals surface area contributed by atoms with Crippen molar-refractivity contribution in [2.75, 3.05) is 25.6 Å². The van der Waals surface area contributed by atoms with Gasteiger partial charge in [0.1, 0.15) is 5.75 Å². The molecule has 0 radical (unpaired) electrons. The normalized spacial score (nSPS) is 10.5. The van der Waals surface area contributed by atoms with Crippen molar-refractivity contribution in [1.82, 2.24) is 5.43 Å². The van der Waals surface area contributed by atoms with Gasteiger partial charge in [-0.2, -0.15) is 5.10 Å². The largest absolute Gasteiger partial charge is 0.493 e. The first-order valence-electron chi connectivity index (χ1n) is 9.90. The molecular weight excluding hydrogens is 446 g/mol. The third kappa shape index (κ3) is 7.55. The number of methoxy groups -OCH3 is 1. The lowest BCUT2D eigenvalue weighted by Gasteiger charge is -2.09. The topological polar surface area (TPSA) is 98.2 Å². The summed E-state index contributed by atoms with van der Waals surface area (Å²) in [5.41, 5.74) is 3.64.